The second-order valence-corrected chi connectivity index (χ2v) is 21.6. The molecular formula is C68H62N12O8. The lowest BCUT2D eigenvalue weighted by Crippen LogP contribution is -2.34. The van der Waals surface area contributed by atoms with Crippen LogP contribution in [0.25, 0.3) is 44.2 Å². The second-order valence-electron chi connectivity index (χ2n) is 21.6. The van der Waals surface area contributed by atoms with Crippen LogP contribution in [0.1, 0.15) is 125 Å². The smallest absolute Gasteiger partial charge is 0.306 e. The molecule has 1 saturated carbocycles. The van der Waals surface area contributed by atoms with Crippen LogP contribution in [0.2, 0.25) is 0 Å². The molecule has 12 rings (SSSR count). The molecule has 1 aliphatic heterocycles. The lowest BCUT2D eigenvalue weighted by atomic mass is 9.89. The molecule has 20 nitrogen and oxygen atoms in total. The number of para-hydroxylation sites is 2. The van der Waals surface area contributed by atoms with E-state index >= 15 is 0 Å². The van der Waals surface area contributed by atoms with Gasteiger partial charge in [-0.2, -0.15) is 10.2 Å². The number of esters is 1. The van der Waals surface area contributed by atoms with E-state index in [-0.39, 0.29) is 54.3 Å². The number of benzene rings is 4. The Morgan fingerprint density at radius 3 is 1.50 bits per heavy atom. The fourth-order valence-corrected chi connectivity index (χ4v) is 11.4. The minimum Gasteiger partial charge on any atom is -0.452 e. The maximum Gasteiger partial charge on any atom is 0.306 e. The summed E-state index contributed by atoms with van der Waals surface area (Å²) >= 11 is 0. The number of carbonyl (C=O) groups is 5. The average molecular weight is 1180 g/mol. The molecule has 2 aliphatic rings. The number of hydrogen-bond donors (Lipinski definition) is 4. The number of ether oxygens (including phenoxy) is 1. The lowest BCUT2D eigenvalue weighted by Gasteiger charge is -2.21. The molecule has 6 aromatic heterocycles. The highest BCUT2D eigenvalue weighted by atomic mass is 16.6. The van der Waals surface area contributed by atoms with Gasteiger partial charge >= 0.3 is 5.97 Å². The molecule has 10 aromatic rings. The molecule has 4 amide bonds. The Hall–Kier alpha value is -11.0. The van der Waals surface area contributed by atoms with Crippen molar-refractivity contribution in [3.05, 3.63) is 212 Å². The molecule has 3 atom stereocenters. The SMILES string of the molecule is Cc1nn2cccnc2c1C(=O)N[C@@H](C)c1cc2cccc(C#CCNC(=O)C3CCCCC3)c2c(=O)n1-c1ccccc1.Cc1nn2cccnc2c1C(=O)N[C@@H](C)c1cc2cccc(C#CCNC(=O)[C@H]3CCC(=O)O3)c2c(=O)n1-c1ccccc1. The zero-order valence-corrected chi connectivity index (χ0v) is 48.9. The van der Waals surface area contributed by atoms with Gasteiger partial charge in [-0.15, -0.1) is 0 Å². The predicted octanol–water partition coefficient (Wildman–Crippen LogP) is 7.89. The van der Waals surface area contributed by atoms with Crippen molar-refractivity contribution in [2.75, 3.05) is 13.1 Å². The molecule has 0 bridgehead atoms. The third kappa shape index (κ3) is 12.4. The number of nitrogens with zero attached hydrogens (tertiary/aromatic N) is 8. The lowest BCUT2D eigenvalue weighted by molar-refractivity contribution is -0.148. The van der Waals surface area contributed by atoms with Gasteiger partial charge in [0.05, 0.1) is 47.3 Å². The Balaban J connectivity index is 0.000000182. The number of nitrogens with one attached hydrogen (secondary N) is 4. The zero-order chi connectivity index (χ0) is 61.4. The highest BCUT2D eigenvalue weighted by Gasteiger charge is 2.30. The summed E-state index contributed by atoms with van der Waals surface area (Å²) in [5.74, 6) is 10.7. The Bertz CT molecular complexity index is 4620. The van der Waals surface area contributed by atoms with Crippen molar-refractivity contribution in [2.45, 2.75) is 90.8 Å². The highest BCUT2D eigenvalue weighted by molar-refractivity contribution is 6.02. The van der Waals surface area contributed by atoms with Gasteiger partial charge < -0.3 is 26.0 Å². The normalized spacial score (nSPS) is 14.5. The molecule has 0 spiro atoms. The Kier molecular flexibility index (Phi) is 17.4. The first kappa shape index (κ1) is 58.8. The summed E-state index contributed by atoms with van der Waals surface area (Å²) in [5, 5.41) is 22.8. The third-order valence-corrected chi connectivity index (χ3v) is 15.7. The van der Waals surface area contributed by atoms with E-state index in [2.05, 4.69) is 65.1 Å². The van der Waals surface area contributed by atoms with Gasteiger partial charge in [0, 0.05) is 77.4 Å². The average Bonchev–Trinajstić information content (AvgIpc) is 1.29. The fraction of sp³-hybridized carbons (Fsp3) is 0.250. The van der Waals surface area contributed by atoms with E-state index in [1.807, 2.05) is 111 Å². The zero-order valence-electron chi connectivity index (χ0n) is 48.9. The monoisotopic (exact) mass is 1170 g/mol. The number of hydrogen-bond acceptors (Lipinski definition) is 12. The van der Waals surface area contributed by atoms with Crippen molar-refractivity contribution >= 4 is 62.4 Å². The van der Waals surface area contributed by atoms with Gasteiger partial charge in [0.1, 0.15) is 11.1 Å². The van der Waals surface area contributed by atoms with Gasteiger partial charge in [-0.1, -0.05) is 104 Å². The number of rotatable bonds is 12. The maximum atomic E-state index is 14.3. The van der Waals surface area contributed by atoms with Gasteiger partial charge in [0.2, 0.25) is 5.91 Å². The Morgan fingerprint density at radius 1 is 0.580 bits per heavy atom. The third-order valence-electron chi connectivity index (χ3n) is 15.7. The summed E-state index contributed by atoms with van der Waals surface area (Å²) in [6.45, 7) is 7.44. The molecule has 1 aliphatic carbocycles. The van der Waals surface area contributed by atoms with Crippen LogP contribution in [0.5, 0.6) is 0 Å². The predicted molar refractivity (Wildman–Crippen MR) is 332 cm³/mol. The van der Waals surface area contributed by atoms with E-state index in [1.165, 1.54) is 6.42 Å². The molecule has 4 N–H and O–H groups in total. The Labute approximate surface area is 505 Å². The van der Waals surface area contributed by atoms with Crippen LogP contribution in [-0.2, 0) is 19.1 Å². The number of fused-ring (bicyclic) bond motifs is 4. The fourth-order valence-electron chi connectivity index (χ4n) is 11.4. The number of aryl methyl sites for hydroxylation is 2. The van der Waals surface area contributed by atoms with Crippen LogP contribution in [0.15, 0.2) is 156 Å². The standard InChI is InChI=1S/C35H34N6O3.C33H28N6O5/c1-23(38-34(43)30-24(2)39-40-21-11-20-36-32(30)40)29-22-27-15-9-14-25(16-10-19-37-33(42)26-12-5-3-6-13-26)31(27)35(44)41(29)28-17-7-4-8-18-28;1-20(36-32(42)28-21(2)37-38-18-8-17-34-30(28)38)25-19-23-10-6-9-22(11-7-16-35-31(41)26-14-15-27(40)44-26)29(23)33(43)39(25)24-12-4-3-5-13-24/h4,7-9,11,14-15,17-18,20-23,26H,3,5-6,12-13,19H2,1-2H3,(H,37,42)(H,38,43);3-6,8-10,12-13,17-20,26H,14-16H2,1-2H3,(H,35,41)(H,36,42)/t23-;20-,26+/m00/s1. The quantitative estimate of drug-likeness (QED) is 0.0674. The number of aromatic nitrogens is 8. The summed E-state index contributed by atoms with van der Waals surface area (Å²) in [7, 11) is 0. The summed E-state index contributed by atoms with van der Waals surface area (Å²) in [5.41, 5.74) is 5.79. The van der Waals surface area contributed by atoms with E-state index in [4.69, 9.17) is 4.74 Å². The number of carbonyl (C=O) groups excluding carboxylic acids is 5. The van der Waals surface area contributed by atoms with Crippen molar-refractivity contribution in [2.24, 2.45) is 5.92 Å². The second kappa shape index (κ2) is 26.1. The minimum absolute atomic E-state index is 0.0229. The molecule has 0 radical (unpaired) electrons. The van der Waals surface area contributed by atoms with Gasteiger partial charge in [0.25, 0.3) is 28.8 Å². The number of cyclic esters (lactones) is 1. The van der Waals surface area contributed by atoms with E-state index < -0.39 is 30.1 Å². The first-order valence-electron chi connectivity index (χ1n) is 29.2. The van der Waals surface area contributed by atoms with Gasteiger partial charge in [-0.25, -0.2) is 19.0 Å². The molecule has 0 unspecified atom stereocenters. The molecule has 20 heteroatoms. The van der Waals surface area contributed by atoms with Crippen LogP contribution < -0.4 is 32.4 Å². The van der Waals surface area contributed by atoms with Crippen LogP contribution >= 0.6 is 0 Å². The van der Waals surface area contributed by atoms with Crippen molar-refractivity contribution < 1.29 is 28.7 Å². The van der Waals surface area contributed by atoms with Crippen LogP contribution in [0.4, 0.5) is 0 Å². The van der Waals surface area contributed by atoms with Crippen LogP contribution in [0.3, 0.4) is 0 Å². The first-order chi connectivity index (χ1) is 42.7. The van der Waals surface area contributed by atoms with Gasteiger partial charge in [0.15, 0.2) is 17.4 Å². The van der Waals surface area contributed by atoms with Gasteiger partial charge in [-0.05, 0) is 112 Å². The molecule has 1 saturated heterocycles. The summed E-state index contributed by atoms with van der Waals surface area (Å²) in [6, 6.07) is 35.6. The van der Waals surface area contributed by atoms with E-state index in [0.29, 0.717) is 95.7 Å². The van der Waals surface area contributed by atoms with Crippen LogP contribution in [0, 0.1) is 43.4 Å². The van der Waals surface area contributed by atoms with E-state index in [1.54, 1.807) is 81.1 Å². The number of pyridine rings is 2. The molecular weight excluding hydrogens is 1110 g/mol. The van der Waals surface area contributed by atoms with Crippen LogP contribution in [-0.4, -0.2) is 87.1 Å². The van der Waals surface area contributed by atoms with Crippen molar-refractivity contribution in [1.82, 2.24) is 59.6 Å². The summed E-state index contributed by atoms with van der Waals surface area (Å²) in [6.07, 6.45) is 11.7. The summed E-state index contributed by atoms with van der Waals surface area (Å²) in [4.78, 5) is 100. The molecule has 7 heterocycles. The highest BCUT2D eigenvalue weighted by Crippen LogP contribution is 2.28. The van der Waals surface area contributed by atoms with E-state index in [9.17, 15) is 33.6 Å². The number of amides is 4. The molecule has 4 aromatic carbocycles. The van der Waals surface area contributed by atoms with Crippen molar-refractivity contribution in [3.8, 4) is 35.1 Å². The topological polar surface area (TPSA) is 247 Å². The summed E-state index contributed by atoms with van der Waals surface area (Å²) < 4.78 is 11.3. The van der Waals surface area contributed by atoms with Gasteiger partial charge in [-0.3, -0.25) is 42.7 Å². The van der Waals surface area contributed by atoms with Crippen molar-refractivity contribution in [3.63, 3.8) is 0 Å². The van der Waals surface area contributed by atoms with E-state index in [0.717, 1.165) is 25.7 Å². The molecule has 442 valence electrons. The molecule has 2 fully saturated rings. The first-order valence-corrected chi connectivity index (χ1v) is 29.2. The maximum absolute atomic E-state index is 14.3. The molecule has 88 heavy (non-hydrogen) atoms. The van der Waals surface area contributed by atoms with Crippen molar-refractivity contribution in [1.29, 1.82) is 0 Å². The Morgan fingerprint density at radius 2 is 1.05 bits per heavy atom. The minimum atomic E-state index is -0.797. The largest absolute Gasteiger partial charge is 0.452 e.